The number of halogens is 3. The third-order valence-electron chi connectivity index (χ3n) is 0.331. The smallest absolute Gasteiger partial charge is 0.0690 e. The fourth-order valence-electron chi connectivity index (χ4n) is 0.167. The van der Waals surface area contributed by atoms with E-state index in [0.717, 1.165) is 0 Å². The molecule has 0 aliphatic rings. The first-order valence-electron chi connectivity index (χ1n) is 1.76. The summed E-state index contributed by atoms with van der Waals surface area (Å²) in [6.07, 6.45) is 3.17. The normalized spacial score (nSPS) is 8.44. The molecule has 0 aliphatic carbocycles. The van der Waals surface area contributed by atoms with Gasteiger partial charge in [0.1, 0.15) is 0 Å². The standard InChI is InChI=1S/C2H3N3.3ClH.Sm/c1-2-4-5-3-1;;;;/h1-2H,(H,3,4,5);3*1H;/q;;;;+3/p-3. The third-order valence-corrected chi connectivity index (χ3v) is 0.331. The Morgan fingerprint density at radius 1 is 1.11 bits per heavy atom. The van der Waals surface area contributed by atoms with Gasteiger partial charge in [-0.05, 0) is 0 Å². The molecule has 0 aliphatic heterocycles. The number of aromatic amines is 1. The zero-order valence-corrected chi connectivity index (χ0v) is 8.98. The Bertz CT molecular complexity index is 101. The molecule has 1 aromatic heterocycles. The Labute approximate surface area is 73.7 Å². The predicted octanol–water partition coefficient (Wildman–Crippen LogP) is 1.87. The molecule has 1 heterocycles. The summed E-state index contributed by atoms with van der Waals surface area (Å²) in [5, 5.41) is 9.33. The van der Waals surface area contributed by atoms with Crippen molar-refractivity contribution in [2.24, 2.45) is 0 Å². The van der Waals surface area contributed by atoms with Gasteiger partial charge in [-0.1, -0.05) is 0 Å². The van der Waals surface area contributed by atoms with Crippen LogP contribution in [0.5, 0.6) is 0 Å². The van der Waals surface area contributed by atoms with E-state index in [1.807, 2.05) is 0 Å². The summed E-state index contributed by atoms with van der Waals surface area (Å²) in [6.45, 7) is 0. The number of hydrogen-bond donors (Lipinski definition) is 1. The minimum absolute atomic E-state index is 1.58. The second kappa shape index (κ2) is 7.45. The minimum Gasteiger partial charge on any atom is -0.198 e. The van der Waals surface area contributed by atoms with Crippen LogP contribution in [0.4, 0.5) is 0 Å². The van der Waals surface area contributed by atoms with Crippen molar-refractivity contribution in [3.8, 4) is 0 Å². The van der Waals surface area contributed by atoms with Gasteiger partial charge in [0.05, 0.1) is 12.4 Å². The van der Waals surface area contributed by atoms with Crippen molar-refractivity contribution in [3.63, 3.8) is 0 Å². The molecule has 0 amide bonds. The van der Waals surface area contributed by atoms with Crippen LogP contribution in [-0.2, 0) is 0 Å². The molecule has 0 saturated carbocycles. The van der Waals surface area contributed by atoms with Crippen molar-refractivity contribution < 1.29 is 29.6 Å². The maximum absolute atomic E-state index is 5.00. The molecule has 53 valence electrons. The van der Waals surface area contributed by atoms with E-state index in [0.29, 0.717) is 0 Å². The summed E-state index contributed by atoms with van der Waals surface area (Å²) in [5.41, 5.74) is 0. The van der Waals surface area contributed by atoms with Gasteiger partial charge in [0.2, 0.25) is 0 Å². The van der Waals surface area contributed by atoms with Crippen LogP contribution in [-0.4, -0.2) is 15.4 Å². The van der Waals surface area contributed by atoms with E-state index in [-0.39, 0.29) is 0 Å². The quantitative estimate of drug-likeness (QED) is 0.791. The molecule has 3 nitrogen and oxygen atoms in total. The van der Waals surface area contributed by atoms with Crippen molar-refractivity contribution in [2.75, 3.05) is 0 Å². The van der Waals surface area contributed by atoms with Crippen LogP contribution in [0.1, 0.15) is 0 Å². The summed E-state index contributed by atoms with van der Waals surface area (Å²) in [6, 6.07) is 0. The molecule has 7 heteroatoms. The first-order chi connectivity index (χ1) is 4.23. The summed E-state index contributed by atoms with van der Waals surface area (Å²) in [5.74, 6) is 15.0. The number of rotatable bonds is 0. The van der Waals surface area contributed by atoms with E-state index in [2.05, 4.69) is 15.4 Å². The number of nitrogens with one attached hydrogen (secondary N) is 1. The van der Waals surface area contributed by atoms with Gasteiger partial charge in [0.25, 0.3) is 0 Å². The van der Waals surface area contributed by atoms with Crippen LogP contribution in [0.2, 0.25) is 0 Å². The molecule has 1 rings (SSSR count). The summed E-state index contributed by atoms with van der Waals surface area (Å²) in [4.78, 5) is 0. The zero-order chi connectivity index (χ0) is 7.11. The van der Waals surface area contributed by atoms with E-state index < -0.39 is 29.6 Å². The fraction of sp³-hybridized carbons (Fsp3) is 0. The zero-order valence-electron chi connectivity index (χ0n) is 4.09. The molecule has 0 unspecified atom stereocenters. The molecule has 1 N–H and O–H groups in total. The molecule has 0 bridgehead atoms. The van der Waals surface area contributed by atoms with E-state index >= 15 is 0 Å². The largest absolute Gasteiger partial charge is 0.198 e. The molecule has 0 aromatic carbocycles. The maximum Gasteiger partial charge on any atom is 0.0690 e. The molecule has 0 saturated heterocycles. The van der Waals surface area contributed by atoms with Crippen molar-refractivity contribution in [1.82, 2.24) is 15.4 Å². The van der Waals surface area contributed by atoms with Crippen molar-refractivity contribution >= 4 is 17.7 Å². The van der Waals surface area contributed by atoms with Gasteiger partial charge in [-0.15, -0.1) is 0 Å². The summed E-state index contributed by atoms with van der Waals surface area (Å²) < 4.78 is 0. The van der Waals surface area contributed by atoms with Crippen LogP contribution < -0.4 is 0 Å². The number of nitrogens with zero attached hydrogens (tertiary/aromatic N) is 2. The second-order valence-electron chi connectivity index (χ2n) is 0.831. The van der Waals surface area contributed by atoms with Crippen LogP contribution in [0.15, 0.2) is 12.4 Å². The van der Waals surface area contributed by atoms with Gasteiger partial charge >= 0.3 is 47.2 Å². The van der Waals surface area contributed by atoms with E-state index in [9.17, 15) is 0 Å². The fourth-order valence-corrected chi connectivity index (χ4v) is 0.167. The van der Waals surface area contributed by atoms with E-state index in [1.165, 1.54) is 0 Å². The van der Waals surface area contributed by atoms with Gasteiger partial charge in [0, 0.05) is 0 Å². The molecule has 9 heavy (non-hydrogen) atoms. The molecule has 1 aromatic rings. The molecule has 0 atom stereocenters. The van der Waals surface area contributed by atoms with Gasteiger partial charge in [-0.3, -0.25) is 0 Å². The Hall–Kier alpha value is 1.35. The van der Waals surface area contributed by atoms with Crippen LogP contribution in [0.25, 0.3) is 0 Å². The molecular weight excluding hydrogens is 323 g/mol. The monoisotopic (exact) mass is 326 g/mol. The van der Waals surface area contributed by atoms with Crippen molar-refractivity contribution in [2.45, 2.75) is 0 Å². The molecule has 0 fully saturated rings. The first-order valence-corrected chi connectivity index (χ1v) is 11.6. The molecular formula is C2H3Cl3N3Sm. The van der Waals surface area contributed by atoms with Crippen molar-refractivity contribution in [1.29, 1.82) is 0 Å². The van der Waals surface area contributed by atoms with Gasteiger partial charge < -0.3 is 0 Å². The summed E-state index contributed by atoms with van der Waals surface area (Å²) >= 11 is -2.11. The first kappa shape index (κ1) is 10.3. The van der Waals surface area contributed by atoms with Crippen LogP contribution in [0.3, 0.4) is 0 Å². The van der Waals surface area contributed by atoms with Crippen molar-refractivity contribution in [3.05, 3.63) is 12.4 Å². The maximum atomic E-state index is 5.00. The predicted molar refractivity (Wildman–Crippen MR) is 33.9 cm³/mol. The van der Waals surface area contributed by atoms with E-state index in [1.54, 1.807) is 12.4 Å². The second-order valence-corrected chi connectivity index (χ2v) is 12.3. The Kier molecular flexibility index (Phi) is 8.57. The molecule has 0 spiro atoms. The Balaban J connectivity index is 0.000000148. The van der Waals surface area contributed by atoms with Gasteiger partial charge in [0.15, 0.2) is 0 Å². The molecule has 0 radical (unpaired) electrons. The number of aromatic nitrogens is 3. The Morgan fingerprint density at radius 2 is 1.44 bits per heavy atom. The van der Waals surface area contributed by atoms with Crippen LogP contribution >= 0.6 is 17.7 Å². The topological polar surface area (TPSA) is 41.6 Å². The van der Waals surface area contributed by atoms with Gasteiger partial charge in [-0.2, -0.15) is 15.4 Å². The number of H-pyrrole nitrogens is 1. The average Bonchev–Trinajstić information content (AvgIpc) is 2.11. The number of hydrogen-bond acceptors (Lipinski definition) is 2. The average molecular weight is 326 g/mol. The minimum atomic E-state index is -2.11. The van der Waals surface area contributed by atoms with Gasteiger partial charge in [-0.25, -0.2) is 0 Å². The van der Waals surface area contributed by atoms with Crippen LogP contribution in [0, 0.1) is 29.6 Å². The van der Waals surface area contributed by atoms with E-state index in [4.69, 9.17) is 17.7 Å². The third kappa shape index (κ3) is 12.5. The SMILES string of the molecule is [Cl][Sm]([Cl])[Cl].c1cn[nH]n1. The summed E-state index contributed by atoms with van der Waals surface area (Å²) in [7, 11) is 0. The Morgan fingerprint density at radius 3 is 1.56 bits per heavy atom.